The van der Waals surface area contributed by atoms with Gasteiger partial charge in [0.25, 0.3) is 0 Å². The Morgan fingerprint density at radius 2 is 1.65 bits per heavy atom. The molecule has 0 spiro atoms. The van der Waals surface area contributed by atoms with Crippen molar-refractivity contribution in [1.29, 1.82) is 0 Å². The lowest BCUT2D eigenvalue weighted by molar-refractivity contribution is -0.123. The van der Waals surface area contributed by atoms with Crippen LogP contribution in [-0.4, -0.2) is 32.5 Å². The summed E-state index contributed by atoms with van der Waals surface area (Å²) in [4.78, 5) is 38.4. The van der Waals surface area contributed by atoms with E-state index in [2.05, 4.69) is 31.9 Å². The van der Waals surface area contributed by atoms with Gasteiger partial charge in [0.2, 0.25) is 11.8 Å². The van der Waals surface area contributed by atoms with Crippen LogP contribution in [0.1, 0.15) is 16.8 Å². The molecule has 6 atom stereocenters. The summed E-state index contributed by atoms with van der Waals surface area (Å²) in [6.07, 6.45) is 0.877. The Bertz CT molecular complexity index is 705. The van der Waals surface area contributed by atoms with Gasteiger partial charge in [-0.05, 0) is 36.5 Å². The zero-order valence-corrected chi connectivity index (χ0v) is 15.0. The van der Waals surface area contributed by atoms with Gasteiger partial charge in [0.15, 0.2) is 0 Å². The Kier molecular flexibility index (Phi) is 3.43. The molecule has 1 aromatic rings. The molecule has 2 bridgehead atoms. The van der Waals surface area contributed by atoms with Crippen molar-refractivity contribution in [2.45, 2.75) is 16.1 Å². The van der Waals surface area contributed by atoms with Crippen molar-refractivity contribution in [2.24, 2.45) is 23.7 Å². The number of carboxylic acids is 1. The lowest BCUT2D eigenvalue weighted by atomic mass is 9.81. The standard InChI is InChI=1S/C16H13Br2NO4/c17-12-8-5-9(13(12)18)11-10(8)14(20)19(15(11)21)7-3-1-2-6(4-7)16(22)23/h1-4,8-13H,5H2,(H,22,23)/t8-,9-,10-,11-,12-,13+/m1/s1. The molecule has 120 valence electrons. The van der Waals surface area contributed by atoms with Crippen molar-refractivity contribution in [3.8, 4) is 0 Å². The maximum Gasteiger partial charge on any atom is 0.335 e. The molecule has 1 aromatic carbocycles. The molecule has 0 unspecified atom stereocenters. The van der Waals surface area contributed by atoms with E-state index < -0.39 is 5.97 Å². The first kappa shape index (κ1) is 15.3. The molecule has 7 heteroatoms. The number of benzene rings is 1. The highest BCUT2D eigenvalue weighted by Gasteiger charge is 2.66. The summed E-state index contributed by atoms with van der Waals surface area (Å²) < 4.78 is 0. The molecule has 1 N–H and O–H groups in total. The monoisotopic (exact) mass is 441 g/mol. The Morgan fingerprint density at radius 3 is 2.17 bits per heavy atom. The van der Waals surface area contributed by atoms with Crippen LogP contribution in [0.25, 0.3) is 0 Å². The smallest absolute Gasteiger partial charge is 0.335 e. The van der Waals surface area contributed by atoms with Gasteiger partial charge < -0.3 is 5.11 Å². The number of anilines is 1. The van der Waals surface area contributed by atoms with Gasteiger partial charge in [-0.25, -0.2) is 4.79 Å². The molecule has 0 aromatic heterocycles. The minimum Gasteiger partial charge on any atom is -0.478 e. The predicted octanol–water partition coefficient (Wildman–Crippen LogP) is 2.67. The minimum absolute atomic E-state index is 0.0693. The minimum atomic E-state index is -1.08. The number of rotatable bonds is 2. The van der Waals surface area contributed by atoms with Gasteiger partial charge in [-0.1, -0.05) is 37.9 Å². The number of alkyl halides is 2. The SMILES string of the molecule is O=C(O)c1cccc(N2C(=O)[C@@H]3[C@H]4C[C@@H]([C@@H](Br)[C@H]4Br)[C@H]3C2=O)c1. The summed E-state index contributed by atoms with van der Waals surface area (Å²) in [6, 6.07) is 6.01. The molecule has 3 fully saturated rings. The van der Waals surface area contributed by atoms with Crippen LogP contribution < -0.4 is 4.90 Å². The van der Waals surface area contributed by atoms with Gasteiger partial charge >= 0.3 is 5.97 Å². The molecule has 4 rings (SSSR count). The highest BCUT2D eigenvalue weighted by Crippen LogP contribution is 2.60. The maximum absolute atomic E-state index is 12.8. The number of halogens is 2. The molecule has 3 aliphatic rings. The van der Waals surface area contributed by atoms with Crippen LogP contribution in [0.3, 0.4) is 0 Å². The van der Waals surface area contributed by atoms with Crippen molar-refractivity contribution in [3.05, 3.63) is 29.8 Å². The van der Waals surface area contributed by atoms with Crippen LogP contribution in [0.5, 0.6) is 0 Å². The largest absolute Gasteiger partial charge is 0.478 e. The van der Waals surface area contributed by atoms with Gasteiger partial charge in [0.1, 0.15) is 0 Å². The summed E-state index contributed by atoms with van der Waals surface area (Å²) in [5.41, 5.74) is 0.422. The summed E-state index contributed by atoms with van der Waals surface area (Å²) in [6.45, 7) is 0. The van der Waals surface area contributed by atoms with Crippen LogP contribution in [0.2, 0.25) is 0 Å². The highest BCUT2D eigenvalue weighted by atomic mass is 79.9. The Labute approximate surface area is 149 Å². The Morgan fingerprint density at radius 1 is 1.09 bits per heavy atom. The summed E-state index contributed by atoms with van der Waals surface area (Å²) >= 11 is 7.29. The molecule has 2 amide bonds. The Hall–Kier alpha value is -1.21. The van der Waals surface area contributed by atoms with E-state index in [-0.39, 0.29) is 50.7 Å². The lowest BCUT2D eigenvalue weighted by Gasteiger charge is -2.28. The number of carbonyl (C=O) groups excluding carboxylic acids is 2. The summed E-state index contributed by atoms with van der Waals surface area (Å²) in [7, 11) is 0. The fourth-order valence-electron chi connectivity index (χ4n) is 4.38. The Balaban J connectivity index is 1.73. The molecule has 2 aliphatic carbocycles. The van der Waals surface area contributed by atoms with E-state index in [1.165, 1.54) is 17.0 Å². The summed E-state index contributed by atoms with van der Waals surface area (Å²) in [5, 5.41) is 9.11. The van der Waals surface area contributed by atoms with E-state index >= 15 is 0 Å². The van der Waals surface area contributed by atoms with Crippen LogP contribution in [-0.2, 0) is 9.59 Å². The first-order chi connectivity index (χ1) is 10.9. The summed E-state index contributed by atoms with van der Waals surface area (Å²) in [5.74, 6) is -1.75. The van der Waals surface area contributed by atoms with E-state index in [9.17, 15) is 14.4 Å². The third-order valence-electron chi connectivity index (χ3n) is 5.34. The third-order valence-corrected chi connectivity index (χ3v) is 8.55. The van der Waals surface area contributed by atoms with Gasteiger partial charge in [0.05, 0.1) is 23.1 Å². The first-order valence-corrected chi connectivity index (χ1v) is 9.24. The number of nitrogens with zero attached hydrogens (tertiary/aromatic N) is 1. The van der Waals surface area contributed by atoms with E-state index in [4.69, 9.17) is 5.11 Å². The first-order valence-electron chi connectivity index (χ1n) is 7.41. The topological polar surface area (TPSA) is 74.7 Å². The molecule has 1 heterocycles. The number of imide groups is 1. The van der Waals surface area contributed by atoms with Crippen molar-refractivity contribution in [2.75, 3.05) is 4.90 Å². The van der Waals surface area contributed by atoms with Gasteiger partial charge in [-0.15, -0.1) is 0 Å². The molecular weight excluding hydrogens is 430 g/mol. The number of fused-ring (bicyclic) bond motifs is 5. The van der Waals surface area contributed by atoms with E-state index in [1.807, 2.05) is 0 Å². The molecule has 1 saturated heterocycles. The number of hydrogen-bond acceptors (Lipinski definition) is 3. The third kappa shape index (κ3) is 1.99. The van der Waals surface area contributed by atoms with Crippen molar-refractivity contribution in [1.82, 2.24) is 0 Å². The van der Waals surface area contributed by atoms with Crippen LogP contribution in [0.4, 0.5) is 5.69 Å². The predicted molar refractivity (Wildman–Crippen MR) is 89.9 cm³/mol. The zero-order chi connectivity index (χ0) is 16.5. The number of carboxylic acid groups (broad SMARTS) is 1. The second-order valence-corrected chi connectivity index (χ2v) is 8.49. The van der Waals surface area contributed by atoms with Gasteiger partial charge in [-0.3, -0.25) is 14.5 Å². The zero-order valence-electron chi connectivity index (χ0n) is 11.9. The number of aromatic carboxylic acids is 1. The molecule has 23 heavy (non-hydrogen) atoms. The van der Waals surface area contributed by atoms with E-state index in [0.717, 1.165) is 6.42 Å². The van der Waals surface area contributed by atoms with Gasteiger partial charge in [0, 0.05) is 9.65 Å². The van der Waals surface area contributed by atoms with Crippen molar-refractivity contribution < 1.29 is 19.5 Å². The average molecular weight is 443 g/mol. The number of carbonyl (C=O) groups is 3. The average Bonchev–Trinajstić information content (AvgIpc) is 3.12. The lowest BCUT2D eigenvalue weighted by Crippen LogP contribution is -2.37. The van der Waals surface area contributed by atoms with Crippen LogP contribution in [0.15, 0.2) is 24.3 Å². The van der Waals surface area contributed by atoms with Crippen molar-refractivity contribution >= 4 is 55.3 Å². The maximum atomic E-state index is 12.8. The normalized spacial score (nSPS) is 38.3. The quantitative estimate of drug-likeness (QED) is 0.564. The second-order valence-electron chi connectivity index (χ2n) is 6.37. The molecule has 1 aliphatic heterocycles. The van der Waals surface area contributed by atoms with Crippen molar-refractivity contribution in [3.63, 3.8) is 0 Å². The fraction of sp³-hybridized carbons (Fsp3) is 0.438. The van der Waals surface area contributed by atoms with Gasteiger partial charge in [-0.2, -0.15) is 0 Å². The number of hydrogen-bond donors (Lipinski definition) is 1. The highest BCUT2D eigenvalue weighted by molar-refractivity contribution is 9.12. The fourth-order valence-corrected chi connectivity index (χ4v) is 6.25. The van der Waals surface area contributed by atoms with Crippen LogP contribution in [0, 0.1) is 23.7 Å². The van der Waals surface area contributed by atoms with E-state index in [1.54, 1.807) is 12.1 Å². The second kappa shape index (κ2) is 5.14. The number of amides is 2. The molecule has 0 radical (unpaired) electrons. The van der Waals surface area contributed by atoms with Crippen LogP contribution >= 0.6 is 31.9 Å². The molecule has 2 saturated carbocycles. The molecular formula is C16H13Br2NO4. The van der Waals surface area contributed by atoms with E-state index in [0.29, 0.717) is 5.69 Å². The molecule has 5 nitrogen and oxygen atoms in total.